The van der Waals surface area contributed by atoms with Gasteiger partial charge in [-0.25, -0.2) is 8.78 Å². The van der Waals surface area contributed by atoms with Gasteiger partial charge in [-0.1, -0.05) is 11.6 Å². The van der Waals surface area contributed by atoms with Crippen LogP contribution in [0.3, 0.4) is 0 Å². The number of methoxy groups -OCH3 is 1. The van der Waals surface area contributed by atoms with E-state index in [-0.39, 0.29) is 21.6 Å². The maximum atomic E-state index is 14.4. The quantitative estimate of drug-likeness (QED) is 0.325. The van der Waals surface area contributed by atoms with Gasteiger partial charge in [0.05, 0.1) is 24.5 Å². The molecule has 2 aromatic carbocycles. The zero-order chi connectivity index (χ0) is 23.8. The Bertz CT molecular complexity index is 1220. The lowest BCUT2D eigenvalue weighted by atomic mass is 9.88. The molecule has 0 saturated carbocycles. The molecule has 2 atom stereocenters. The van der Waals surface area contributed by atoms with Crippen LogP contribution in [0.5, 0.6) is 5.75 Å². The van der Waals surface area contributed by atoms with Crippen LogP contribution >= 0.6 is 23.2 Å². The molecule has 0 unspecified atom stereocenters. The Hall–Kier alpha value is -2.56. The number of halogens is 7. The minimum absolute atomic E-state index is 0.0237. The summed E-state index contributed by atoms with van der Waals surface area (Å²) < 4.78 is 75.4. The number of hydrogen-bond donors (Lipinski definition) is 3. The van der Waals surface area contributed by atoms with Gasteiger partial charge >= 0.3 is 6.18 Å². The van der Waals surface area contributed by atoms with E-state index in [1.807, 2.05) is 0 Å². The molecule has 0 fully saturated rings. The first-order valence-corrected chi connectivity index (χ1v) is 9.79. The molecule has 3 aromatic rings. The Morgan fingerprint density at radius 1 is 1.19 bits per heavy atom. The number of anilines is 1. The highest BCUT2D eigenvalue weighted by Gasteiger charge is 2.59. The number of pyridine rings is 1. The number of ether oxygens (including phenoxy) is 1. The van der Waals surface area contributed by atoms with Gasteiger partial charge in [0.15, 0.2) is 17.2 Å². The van der Waals surface area contributed by atoms with Crippen molar-refractivity contribution >= 4 is 39.8 Å². The summed E-state index contributed by atoms with van der Waals surface area (Å²) in [4.78, 5) is 13.9. The van der Waals surface area contributed by atoms with E-state index < -0.39 is 52.2 Å². The predicted molar refractivity (Wildman–Crippen MR) is 111 cm³/mol. The fourth-order valence-electron chi connectivity index (χ4n) is 3.29. The van der Waals surface area contributed by atoms with E-state index >= 15 is 0 Å². The standard InChI is InChI=1S/C20H15Cl2F5N2O3/c1-32-17-12(4-9(22)5-13(17)24)18(19(31,8-21)20(25,26)27)29-15-7-10(23)6-14-11(15)2-3-16(30)28-14/h2-7,18,29,31H,8H2,1H3,(H,28,30)/t18-,19+/m0/s1. The summed E-state index contributed by atoms with van der Waals surface area (Å²) in [6.07, 6.45) is -5.31. The van der Waals surface area contributed by atoms with E-state index in [1.54, 1.807) is 0 Å². The summed E-state index contributed by atoms with van der Waals surface area (Å²) >= 11 is 11.4. The van der Waals surface area contributed by atoms with E-state index in [0.717, 1.165) is 37.4 Å². The molecule has 5 nitrogen and oxygen atoms in total. The van der Waals surface area contributed by atoms with Crippen LogP contribution in [-0.2, 0) is 0 Å². The molecule has 1 aromatic heterocycles. The number of alkyl halides is 4. The van der Waals surface area contributed by atoms with Crippen LogP contribution < -0.4 is 15.6 Å². The molecule has 3 N–H and O–H groups in total. The van der Waals surface area contributed by atoms with Gasteiger partial charge < -0.3 is 20.1 Å². The molecule has 0 amide bonds. The Balaban J connectivity index is 2.31. The van der Waals surface area contributed by atoms with E-state index in [4.69, 9.17) is 27.9 Å². The number of fused-ring (bicyclic) bond motifs is 1. The maximum absolute atomic E-state index is 14.4. The number of benzene rings is 2. The Morgan fingerprint density at radius 2 is 1.88 bits per heavy atom. The topological polar surface area (TPSA) is 74.3 Å². The highest BCUT2D eigenvalue weighted by atomic mass is 35.5. The minimum Gasteiger partial charge on any atom is -0.493 e. The summed E-state index contributed by atoms with van der Waals surface area (Å²) in [6, 6.07) is 3.73. The zero-order valence-electron chi connectivity index (χ0n) is 16.2. The second kappa shape index (κ2) is 8.76. The summed E-state index contributed by atoms with van der Waals surface area (Å²) in [5, 5.41) is 12.9. The van der Waals surface area contributed by atoms with Gasteiger partial charge in [-0.05, 0) is 30.3 Å². The Kier molecular flexibility index (Phi) is 6.60. The summed E-state index contributed by atoms with van der Waals surface area (Å²) in [7, 11) is 1.02. The molecule has 0 aliphatic heterocycles. The molecule has 32 heavy (non-hydrogen) atoms. The summed E-state index contributed by atoms with van der Waals surface area (Å²) in [5.41, 5.74) is -5.02. The van der Waals surface area contributed by atoms with Gasteiger partial charge in [0.2, 0.25) is 5.56 Å². The van der Waals surface area contributed by atoms with Crippen molar-refractivity contribution < 1.29 is 31.8 Å². The predicted octanol–water partition coefficient (Wildman–Crippen LogP) is 5.15. The van der Waals surface area contributed by atoms with Gasteiger partial charge in [-0.2, -0.15) is 13.2 Å². The van der Waals surface area contributed by atoms with E-state index in [2.05, 4.69) is 10.3 Å². The largest absolute Gasteiger partial charge is 0.493 e. The number of aliphatic hydroxyl groups is 1. The molecular weight excluding hydrogens is 482 g/mol. The minimum atomic E-state index is -5.31. The number of H-pyrrole nitrogens is 1. The van der Waals surface area contributed by atoms with Crippen LogP contribution in [0.2, 0.25) is 5.02 Å². The number of hydrogen-bond acceptors (Lipinski definition) is 4. The van der Waals surface area contributed by atoms with Gasteiger partial charge in [0.1, 0.15) is 5.82 Å². The fraction of sp³-hybridized carbons (Fsp3) is 0.250. The SMILES string of the molecule is COc1c(F)cc(Cl)cc1[C@H](Nc1cc(F)cc2[nH]c(=O)ccc12)[C@](O)(CCl)C(F)(F)F. The van der Waals surface area contributed by atoms with Gasteiger partial charge in [0, 0.05) is 27.7 Å². The molecule has 172 valence electrons. The zero-order valence-corrected chi connectivity index (χ0v) is 17.7. The highest BCUT2D eigenvalue weighted by Crippen LogP contribution is 2.46. The van der Waals surface area contributed by atoms with E-state index in [9.17, 15) is 31.9 Å². The van der Waals surface area contributed by atoms with Crippen LogP contribution in [0.1, 0.15) is 11.6 Å². The number of nitrogens with one attached hydrogen (secondary N) is 2. The number of aromatic nitrogens is 1. The second-order valence-corrected chi connectivity index (χ2v) is 7.58. The molecule has 0 aliphatic carbocycles. The normalized spacial score (nSPS) is 14.8. The van der Waals surface area contributed by atoms with Crippen LogP contribution in [-0.4, -0.2) is 34.9 Å². The van der Waals surface area contributed by atoms with Crippen LogP contribution in [0.25, 0.3) is 10.9 Å². The van der Waals surface area contributed by atoms with Crippen molar-refractivity contribution in [2.45, 2.75) is 17.8 Å². The van der Waals surface area contributed by atoms with Crippen molar-refractivity contribution in [3.05, 3.63) is 69.0 Å². The molecule has 3 rings (SSSR count). The summed E-state index contributed by atoms with van der Waals surface area (Å²) in [5.74, 6) is -3.98. The third-order valence-electron chi connectivity index (χ3n) is 4.83. The lowest BCUT2D eigenvalue weighted by Gasteiger charge is -2.38. The smallest absolute Gasteiger partial charge is 0.420 e. The Morgan fingerprint density at radius 3 is 2.47 bits per heavy atom. The molecular formula is C20H15Cl2F5N2O3. The second-order valence-electron chi connectivity index (χ2n) is 6.88. The number of aromatic amines is 1. The highest BCUT2D eigenvalue weighted by molar-refractivity contribution is 6.30. The monoisotopic (exact) mass is 496 g/mol. The molecule has 0 radical (unpaired) electrons. The number of rotatable bonds is 6. The molecule has 0 spiro atoms. The van der Waals surface area contributed by atoms with Crippen molar-refractivity contribution in [1.29, 1.82) is 0 Å². The first-order valence-electron chi connectivity index (χ1n) is 8.88. The van der Waals surface area contributed by atoms with Crippen molar-refractivity contribution in [2.75, 3.05) is 18.3 Å². The third-order valence-corrected chi connectivity index (χ3v) is 5.45. The van der Waals surface area contributed by atoms with E-state index in [0.29, 0.717) is 0 Å². The summed E-state index contributed by atoms with van der Waals surface area (Å²) in [6.45, 7) is 0. The van der Waals surface area contributed by atoms with Crippen molar-refractivity contribution in [2.24, 2.45) is 0 Å². The lowest BCUT2D eigenvalue weighted by Crippen LogP contribution is -2.54. The van der Waals surface area contributed by atoms with Crippen molar-refractivity contribution in [3.8, 4) is 5.75 Å². The van der Waals surface area contributed by atoms with Crippen molar-refractivity contribution in [3.63, 3.8) is 0 Å². The molecule has 0 saturated heterocycles. The van der Waals surface area contributed by atoms with Gasteiger partial charge in [-0.15, -0.1) is 11.6 Å². The van der Waals surface area contributed by atoms with Crippen molar-refractivity contribution in [1.82, 2.24) is 4.98 Å². The molecule has 1 heterocycles. The fourth-order valence-corrected chi connectivity index (χ4v) is 3.81. The van der Waals surface area contributed by atoms with Crippen LogP contribution in [0.4, 0.5) is 27.6 Å². The molecule has 0 aliphatic rings. The lowest BCUT2D eigenvalue weighted by molar-refractivity contribution is -0.257. The molecule has 0 bridgehead atoms. The average Bonchev–Trinajstić information content (AvgIpc) is 2.69. The van der Waals surface area contributed by atoms with Gasteiger partial charge in [0.25, 0.3) is 0 Å². The first-order chi connectivity index (χ1) is 14.9. The average molecular weight is 497 g/mol. The Labute approximate surface area is 187 Å². The van der Waals surface area contributed by atoms with Gasteiger partial charge in [-0.3, -0.25) is 4.79 Å². The molecule has 12 heteroatoms. The van der Waals surface area contributed by atoms with Crippen LogP contribution in [0, 0.1) is 11.6 Å². The van der Waals surface area contributed by atoms with E-state index in [1.165, 1.54) is 6.07 Å². The first kappa shape index (κ1) is 24.1. The maximum Gasteiger partial charge on any atom is 0.420 e. The van der Waals surface area contributed by atoms with Crippen LogP contribution in [0.15, 0.2) is 41.2 Å². The third kappa shape index (κ3) is 4.35.